The molecule has 1 heterocycles. The van der Waals surface area contributed by atoms with Crippen molar-refractivity contribution in [2.45, 2.75) is 96.9 Å². The zero-order valence-corrected chi connectivity index (χ0v) is 24.8. The summed E-state index contributed by atoms with van der Waals surface area (Å²) in [6.07, 6.45) is 1.36. The number of rotatable bonds is 15. The van der Waals surface area contributed by atoms with Gasteiger partial charge in [-0.25, -0.2) is 0 Å². The largest absolute Gasteiger partial charge is 0.469 e. The first kappa shape index (κ1) is 34.8. The molecule has 0 radical (unpaired) electrons. The van der Waals surface area contributed by atoms with Crippen molar-refractivity contribution in [2.75, 3.05) is 19.5 Å². The summed E-state index contributed by atoms with van der Waals surface area (Å²) in [5, 5.41) is 10.2. The molecule has 0 unspecified atom stereocenters. The van der Waals surface area contributed by atoms with Gasteiger partial charge in [-0.2, -0.15) is 0 Å². The Kier molecular flexibility index (Phi) is 14.6. The molecule has 0 bridgehead atoms. The van der Waals surface area contributed by atoms with Crippen LogP contribution in [0.15, 0.2) is 0 Å². The Hall–Kier alpha value is -3.22. The number of Topliss-reactive ketones (excluding diaryl/α,β-unsaturated/α-hetero) is 1. The van der Waals surface area contributed by atoms with Crippen LogP contribution in [0.5, 0.6) is 0 Å². The smallest absolute Gasteiger partial charge is 0.306 e. The summed E-state index contributed by atoms with van der Waals surface area (Å²) in [5.74, 6) is -3.94. The van der Waals surface area contributed by atoms with Crippen molar-refractivity contribution in [2.24, 2.45) is 5.92 Å². The number of alkyl halides is 1. The van der Waals surface area contributed by atoms with Gasteiger partial charge in [-0.3, -0.25) is 33.6 Å². The fraction of sp³-hybridized carbons (Fsp3) is 0.731. The molecule has 0 aliphatic carbocycles. The first-order chi connectivity index (χ1) is 18.8. The maximum atomic E-state index is 13.1. The van der Waals surface area contributed by atoms with Gasteiger partial charge in [-0.05, 0) is 39.5 Å². The number of carbonyl (C=O) groups is 7. The lowest BCUT2D eigenvalue weighted by Gasteiger charge is -2.30. The molecule has 13 nitrogen and oxygen atoms in total. The van der Waals surface area contributed by atoms with Gasteiger partial charge in [0.2, 0.25) is 29.5 Å². The molecular formula is C26H42ClN5O8. The van der Waals surface area contributed by atoms with Crippen LogP contribution in [0.1, 0.15) is 66.7 Å². The van der Waals surface area contributed by atoms with Gasteiger partial charge in [0, 0.05) is 13.0 Å². The number of amides is 5. The standard InChI is InChI=1S/C26H42ClN5O8/c1-7-14(2)22(19(33)13-27)31-25(38)18-9-8-12-32(18)26(39)17(5)30-24(37)16(4)29-23(36)15(3)28-20(34)10-11-21(35)40-6/h14-18,22H,7-13H2,1-6H3,(H,28,34)(H,29,36)(H,30,37)(H,31,38)/t14-,15-,16-,17-,18-,22-/m0/s1. The molecule has 40 heavy (non-hydrogen) atoms. The zero-order chi connectivity index (χ0) is 30.6. The van der Waals surface area contributed by atoms with E-state index >= 15 is 0 Å². The van der Waals surface area contributed by atoms with E-state index in [2.05, 4.69) is 26.0 Å². The lowest BCUT2D eigenvalue weighted by Crippen LogP contribution is -2.57. The van der Waals surface area contributed by atoms with Gasteiger partial charge in [0.25, 0.3) is 0 Å². The van der Waals surface area contributed by atoms with Gasteiger partial charge in [0.05, 0.1) is 25.5 Å². The third-order valence-corrected chi connectivity index (χ3v) is 7.13. The molecule has 1 aliphatic rings. The van der Waals surface area contributed by atoms with E-state index in [1.54, 1.807) is 0 Å². The highest BCUT2D eigenvalue weighted by Gasteiger charge is 2.38. The second-order valence-electron chi connectivity index (χ2n) is 9.99. The average Bonchev–Trinajstić information content (AvgIpc) is 3.43. The van der Waals surface area contributed by atoms with Crippen molar-refractivity contribution in [3.8, 4) is 0 Å². The second kappa shape index (κ2) is 16.8. The van der Waals surface area contributed by atoms with E-state index in [1.807, 2.05) is 13.8 Å². The molecule has 0 aromatic rings. The number of nitrogens with zero attached hydrogens (tertiary/aromatic N) is 1. The summed E-state index contributed by atoms with van der Waals surface area (Å²) in [6, 6.07) is -4.55. The number of carbonyl (C=O) groups excluding carboxylic acids is 7. The van der Waals surface area contributed by atoms with Gasteiger partial charge in [-0.15, -0.1) is 11.6 Å². The van der Waals surface area contributed by atoms with Crippen molar-refractivity contribution >= 4 is 52.9 Å². The van der Waals surface area contributed by atoms with E-state index in [4.69, 9.17) is 11.6 Å². The number of hydrogen-bond donors (Lipinski definition) is 4. The lowest BCUT2D eigenvalue weighted by molar-refractivity contribution is -0.142. The molecule has 1 saturated heterocycles. The summed E-state index contributed by atoms with van der Waals surface area (Å²) in [6.45, 7) is 8.37. The summed E-state index contributed by atoms with van der Waals surface area (Å²) >= 11 is 5.72. The minimum Gasteiger partial charge on any atom is -0.469 e. The minimum absolute atomic E-state index is 0.133. The Morgan fingerprint density at radius 2 is 1.45 bits per heavy atom. The highest BCUT2D eigenvalue weighted by Crippen LogP contribution is 2.20. The molecule has 1 fully saturated rings. The van der Waals surface area contributed by atoms with Crippen LogP contribution in [-0.2, 0) is 38.3 Å². The van der Waals surface area contributed by atoms with Crippen molar-refractivity contribution < 1.29 is 38.3 Å². The van der Waals surface area contributed by atoms with Crippen LogP contribution in [0, 0.1) is 5.92 Å². The number of ether oxygens (including phenoxy) is 1. The molecular weight excluding hydrogens is 546 g/mol. The van der Waals surface area contributed by atoms with Crippen LogP contribution in [0.25, 0.3) is 0 Å². The molecule has 5 amide bonds. The van der Waals surface area contributed by atoms with Crippen molar-refractivity contribution in [3.05, 3.63) is 0 Å². The monoisotopic (exact) mass is 587 g/mol. The summed E-state index contributed by atoms with van der Waals surface area (Å²) in [4.78, 5) is 88.0. The van der Waals surface area contributed by atoms with Crippen LogP contribution >= 0.6 is 11.6 Å². The first-order valence-corrected chi connectivity index (χ1v) is 14.0. The molecule has 1 aliphatic heterocycles. The molecule has 6 atom stereocenters. The fourth-order valence-corrected chi connectivity index (χ4v) is 4.33. The molecule has 0 aromatic carbocycles. The van der Waals surface area contributed by atoms with Gasteiger partial charge in [-0.1, -0.05) is 20.3 Å². The molecule has 0 spiro atoms. The molecule has 226 valence electrons. The van der Waals surface area contributed by atoms with Crippen LogP contribution < -0.4 is 21.3 Å². The number of halogens is 1. The van der Waals surface area contributed by atoms with E-state index in [-0.39, 0.29) is 30.4 Å². The van der Waals surface area contributed by atoms with Gasteiger partial charge >= 0.3 is 5.97 Å². The second-order valence-corrected chi connectivity index (χ2v) is 10.3. The minimum atomic E-state index is -1.03. The number of likely N-dealkylation sites (tertiary alicyclic amines) is 1. The molecule has 0 aromatic heterocycles. The maximum Gasteiger partial charge on any atom is 0.306 e. The zero-order valence-electron chi connectivity index (χ0n) is 24.0. The quantitative estimate of drug-likeness (QED) is 0.150. The average molecular weight is 588 g/mol. The van der Waals surface area contributed by atoms with E-state index in [0.29, 0.717) is 25.8 Å². The Labute approximate surface area is 239 Å². The Morgan fingerprint density at radius 1 is 0.875 bits per heavy atom. The van der Waals surface area contributed by atoms with Crippen LogP contribution in [0.3, 0.4) is 0 Å². The Bertz CT molecular complexity index is 961. The molecule has 1 rings (SSSR count). The SMILES string of the molecule is CC[C@H](C)[C@H](NC(=O)[C@@H]1CCCN1C(=O)[C@H](C)NC(=O)[C@H](C)NC(=O)[C@H](C)NC(=O)CCC(=O)OC)C(=O)CCl. The van der Waals surface area contributed by atoms with E-state index < -0.39 is 65.7 Å². The third kappa shape index (κ3) is 10.4. The van der Waals surface area contributed by atoms with Crippen molar-refractivity contribution in [3.63, 3.8) is 0 Å². The summed E-state index contributed by atoms with van der Waals surface area (Å²) < 4.78 is 4.46. The highest BCUT2D eigenvalue weighted by atomic mass is 35.5. The predicted octanol–water partition coefficient (Wildman–Crippen LogP) is -0.216. The van der Waals surface area contributed by atoms with Crippen molar-refractivity contribution in [1.82, 2.24) is 26.2 Å². The van der Waals surface area contributed by atoms with Crippen molar-refractivity contribution in [1.29, 1.82) is 0 Å². The van der Waals surface area contributed by atoms with Crippen LogP contribution in [0.4, 0.5) is 0 Å². The number of hydrogen-bond acceptors (Lipinski definition) is 8. The number of nitrogens with one attached hydrogen (secondary N) is 4. The van der Waals surface area contributed by atoms with Crippen LogP contribution in [0.2, 0.25) is 0 Å². The highest BCUT2D eigenvalue weighted by molar-refractivity contribution is 6.28. The molecule has 14 heteroatoms. The number of ketones is 1. The Balaban J connectivity index is 2.69. The normalized spacial score (nSPS) is 18.4. The third-order valence-electron chi connectivity index (χ3n) is 6.86. The van der Waals surface area contributed by atoms with Crippen LogP contribution in [-0.4, -0.2) is 95.9 Å². The van der Waals surface area contributed by atoms with Gasteiger partial charge < -0.3 is 30.9 Å². The number of esters is 1. The van der Waals surface area contributed by atoms with E-state index in [0.717, 1.165) is 0 Å². The van der Waals surface area contributed by atoms with Gasteiger partial charge in [0.15, 0.2) is 5.78 Å². The topological polar surface area (TPSA) is 180 Å². The molecule has 0 saturated carbocycles. The fourth-order valence-electron chi connectivity index (χ4n) is 4.16. The Morgan fingerprint density at radius 3 is 2.00 bits per heavy atom. The van der Waals surface area contributed by atoms with E-state index in [1.165, 1.54) is 32.8 Å². The molecule has 4 N–H and O–H groups in total. The summed E-state index contributed by atoms with van der Waals surface area (Å²) in [7, 11) is 1.20. The summed E-state index contributed by atoms with van der Waals surface area (Å²) in [5.41, 5.74) is 0. The first-order valence-electron chi connectivity index (χ1n) is 13.4. The lowest BCUT2D eigenvalue weighted by atomic mass is 9.95. The maximum absolute atomic E-state index is 13.1. The number of methoxy groups -OCH3 is 1. The predicted molar refractivity (Wildman–Crippen MR) is 146 cm³/mol. The van der Waals surface area contributed by atoms with E-state index in [9.17, 15) is 33.6 Å². The van der Waals surface area contributed by atoms with Gasteiger partial charge in [0.1, 0.15) is 24.2 Å².